The third-order valence-corrected chi connectivity index (χ3v) is 6.97. The highest BCUT2D eigenvalue weighted by molar-refractivity contribution is 5.99. The number of hydrazine groups is 1. The Bertz CT molecular complexity index is 1310. The number of guanidine groups is 1. The number of fused-ring (bicyclic) bond motifs is 1. The van der Waals surface area contributed by atoms with Crippen molar-refractivity contribution >= 4 is 34.8 Å². The second-order valence-corrected chi connectivity index (χ2v) is 9.44. The Morgan fingerprint density at radius 1 is 1.00 bits per heavy atom. The molecule has 1 N–H and O–H groups in total. The summed E-state index contributed by atoms with van der Waals surface area (Å²) in [5.74, 6) is 0.873. The molecule has 1 unspecified atom stereocenters. The van der Waals surface area contributed by atoms with Gasteiger partial charge in [-0.1, -0.05) is 12.1 Å². The molecule has 1 atom stereocenters. The maximum atomic E-state index is 14.2. The van der Waals surface area contributed by atoms with Gasteiger partial charge in [0.05, 0.1) is 36.1 Å². The smallest absolute Gasteiger partial charge is 0.295 e. The molecule has 2 aromatic heterocycles. The number of benzene rings is 1. The number of imidazole rings is 1. The zero-order valence-corrected chi connectivity index (χ0v) is 21.1. The zero-order valence-electron chi connectivity index (χ0n) is 21.1. The maximum Gasteiger partial charge on any atom is 0.295 e. The minimum Gasteiger partial charge on any atom is -0.379 e. The molecule has 200 valence electrons. The van der Waals surface area contributed by atoms with Gasteiger partial charge in [0, 0.05) is 39.3 Å². The fraction of sp³-hybridized carbons (Fsp3) is 0.440. The monoisotopic (exact) mass is 524 g/mol. The molecule has 0 spiro atoms. The van der Waals surface area contributed by atoms with E-state index in [9.17, 15) is 8.78 Å². The van der Waals surface area contributed by atoms with E-state index in [0.29, 0.717) is 49.0 Å². The number of ether oxygens (including phenoxy) is 1. The van der Waals surface area contributed by atoms with Crippen LogP contribution in [0.3, 0.4) is 0 Å². The summed E-state index contributed by atoms with van der Waals surface area (Å²) in [5.41, 5.74) is 1.77. The molecule has 1 aromatic carbocycles. The quantitative estimate of drug-likeness (QED) is 0.545. The summed E-state index contributed by atoms with van der Waals surface area (Å²) in [4.78, 5) is 22.7. The number of aliphatic imine (C=N–C) groups is 2. The van der Waals surface area contributed by atoms with E-state index in [0.717, 1.165) is 32.0 Å². The van der Waals surface area contributed by atoms with Crippen molar-refractivity contribution in [2.75, 3.05) is 69.7 Å². The van der Waals surface area contributed by atoms with Gasteiger partial charge in [-0.05, 0) is 31.3 Å². The van der Waals surface area contributed by atoms with E-state index in [2.05, 4.69) is 37.1 Å². The van der Waals surface area contributed by atoms with Crippen molar-refractivity contribution in [2.24, 2.45) is 9.98 Å². The maximum absolute atomic E-state index is 14.2. The molecular weight excluding hydrogens is 494 g/mol. The largest absolute Gasteiger partial charge is 0.379 e. The second-order valence-electron chi connectivity index (χ2n) is 9.44. The Balaban J connectivity index is 1.30. The van der Waals surface area contributed by atoms with Gasteiger partial charge in [0.2, 0.25) is 12.2 Å². The van der Waals surface area contributed by atoms with Crippen LogP contribution in [0.1, 0.15) is 18.5 Å². The predicted octanol–water partition coefficient (Wildman–Crippen LogP) is 2.64. The number of likely N-dealkylation sites (N-methyl/N-ethyl adjacent to an activating group) is 1. The van der Waals surface area contributed by atoms with Gasteiger partial charge < -0.3 is 19.9 Å². The van der Waals surface area contributed by atoms with Crippen LogP contribution < -0.4 is 10.2 Å². The Morgan fingerprint density at radius 3 is 2.53 bits per heavy atom. The van der Waals surface area contributed by atoms with Crippen LogP contribution in [0, 0.1) is 0 Å². The molecule has 0 radical (unpaired) electrons. The van der Waals surface area contributed by atoms with Crippen molar-refractivity contribution in [1.29, 1.82) is 0 Å². The molecule has 3 aliphatic rings. The molecule has 3 aliphatic heterocycles. The summed E-state index contributed by atoms with van der Waals surface area (Å²) in [6.45, 7) is 6.10. The molecule has 3 aromatic rings. The topological polar surface area (TPSA) is 89.7 Å². The lowest BCUT2D eigenvalue weighted by atomic mass is 10.3. The van der Waals surface area contributed by atoms with Crippen LogP contribution in [0.4, 0.5) is 20.3 Å². The molecule has 2 fully saturated rings. The highest BCUT2D eigenvalue weighted by Gasteiger charge is 2.33. The van der Waals surface area contributed by atoms with Crippen molar-refractivity contribution in [1.82, 2.24) is 29.5 Å². The number of anilines is 2. The van der Waals surface area contributed by atoms with Gasteiger partial charge in [-0.3, -0.25) is 9.58 Å². The van der Waals surface area contributed by atoms with Crippen LogP contribution in [-0.4, -0.2) is 101 Å². The summed E-state index contributed by atoms with van der Waals surface area (Å²) >= 11 is 0. The first-order valence-electron chi connectivity index (χ1n) is 12.7. The van der Waals surface area contributed by atoms with Crippen LogP contribution in [-0.2, 0) is 4.74 Å². The number of pyridine rings is 1. The van der Waals surface area contributed by atoms with E-state index in [1.54, 1.807) is 35.7 Å². The highest BCUT2D eigenvalue weighted by Crippen LogP contribution is 2.32. The number of hydrogen-bond donors (Lipinski definition) is 1. The number of rotatable bonds is 5. The minimum absolute atomic E-state index is 0.298. The number of piperazine rings is 1. The van der Waals surface area contributed by atoms with Crippen LogP contribution in [0.5, 0.6) is 0 Å². The highest BCUT2D eigenvalue weighted by atomic mass is 19.3. The zero-order chi connectivity index (χ0) is 26.1. The number of morpholine rings is 1. The number of nitrogens with one attached hydrogen (secondary N) is 1. The van der Waals surface area contributed by atoms with E-state index in [-0.39, 0.29) is 5.82 Å². The van der Waals surface area contributed by atoms with Gasteiger partial charge in [0.25, 0.3) is 6.43 Å². The summed E-state index contributed by atoms with van der Waals surface area (Å²) in [7, 11) is 2.12. The SMILES string of the molecule is CN1CCN(c2ccc(NC3=NC(n4c(C(F)F)nc5ccccc54)N(N4CCOCC4)C=N3)cn2)CC1. The van der Waals surface area contributed by atoms with E-state index in [1.165, 1.54) is 4.57 Å². The first-order valence-corrected chi connectivity index (χ1v) is 12.7. The fourth-order valence-electron chi connectivity index (χ4n) is 4.89. The van der Waals surface area contributed by atoms with E-state index in [1.807, 2.05) is 23.2 Å². The number of nitrogens with zero attached hydrogens (tertiary/aromatic N) is 9. The van der Waals surface area contributed by atoms with Gasteiger partial charge in [0.15, 0.2) is 5.82 Å². The second kappa shape index (κ2) is 10.6. The number of halogens is 2. The fourth-order valence-corrected chi connectivity index (χ4v) is 4.89. The van der Waals surface area contributed by atoms with Gasteiger partial charge >= 0.3 is 0 Å². The Morgan fingerprint density at radius 2 is 1.79 bits per heavy atom. The molecule has 5 heterocycles. The molecule has 13 heteroatoms. The molecule has 2 saturated heterocycles. The first-order chi connectivity index (χ1) is 18.6. The molecule has 0 aliphatic carbocycles. The molecule has 38 heavy (non-hydrogen) atoms. The normalized spacial score (nSPS) is 21.4. The molecule has 6 rings (SSSR count). The molecular formula is C25H30F2N10O. The third-order valence-electron chi connectivity index (χ3n) is 6.97. The summed E-state index contributed by atoms with van der Waals surface area (Å²) in [6, 6.07) is 11.0. The van der Waals surface area contributed by atoms with E-state index < -0.39 is 12.7 Å². The minimum atomic E-state index is -2.77. The average molecular weight is 525 g/mol. The van der Waals surface area contributed by atoms with Crippen LogP contribution in [0.2, 0.25) is 0 Å². The van der Waals surface area contributed by atoms with Crippen molar-refractivity contribution in [2.45, 2.75) is 12.7 Å². The van der Waals surface area contributed by atoms with Crippen LogP contribution >= 0.6 is 0 Å². The number of hydrogen-bond acceptors (Lipinski definition) is 10. The Hall–Kier alpha value is -3.68. The van der Waals surface area contributed by atoms with Gasteiger partial charge in [-0.25, -0.2) is 33.7 Å². The van der Waals surface area contributed by atoms with Crippen molar-refractivity contribution in [3.63, 3.8) is 0 Å². The molecule has 0 bridgehead atoms. The van der Waals surface area contributed by atoms with E-state index in [4.69, 9.17) is 9.73 Å². The van der Waals surface area contributed by atoms with Crippen LogP contribution in [0.25, 0.3) is 11.0 Å². The lowest BCUT2D eigenvalue weighted by molar-refractivity contribution is -0.0805. The van der Waals surface area contributed by atoms with Crippen molar-refractivity contribution < 1.29 is 13.5 Å². The van der Waals surface area contributed by atoms with Crippen LogP contribution in [0.15, 0.2) is 52.6 Å². The van der Waals surface area contributed by atoms with Crippen molar-refractivity contribution in [3.8, 4) is 0 Å². The Kier molecular flexibility index (Phi) is 6.87. The number of para-hydroxylation sites is 2. The molecule has 0 amide bonds. The standard InChI is InChI=1S/C25H30F2N10O/c1-33-8-10-34(11-9-33)21-7-6-18(16-28-21)30-24-29-17-36(35-12-14-38-15-13-35)25(32-24)37-20-5-3-2-4-19(20)31-23(37)22(26)27/h2-7,16-17,22,25H,8-15H2,1H3,(H,30,32). The average Bonchev–Trinajstić information content (AvgIpc) is 3.34. The summed E-state index contributed by atoms with van der Waals surface area (Å²) in [5, 5.41) is 6.99. The predicted molar refractivity (Wildman–Crippen MR) is 141 cm³/mol. The van der Waals surface area contributed by atoms with Crippen molar-refractivity contribution in [3.05, 3.63) is 48.4 Å². The summed E-state index contributed by atoms with van der Waals surface area (Å²) < 4.78 is 35.4. The van der Waals surface area contributed by atoms with Gasteiger partial charge in [0.1, 0.15) is 12.2 Å². The van der Waals surface area contributed by atoms with E-state index >= 15 is 0 Å². The first kappa shape index (κ1) is 24.6. The third kappa shape index (κ3) is 4.91. The number of alkyl halides is 2. The number of aromatic nitrogens is 3. The Labute approximate surface area is 219 Å². The molecule has 11 nitrogen and oxygen atoms in total. The van der Waals surface area contributed by atoms with Gasteiger partial charge in [-0.2, -0.15) is 0 Å². The van der Waals surface area contributed by atoms with Gasteiger partial charge in [-0.15, -0.1) is 0 Å². The summed E-state index contributed by atoms with van der Waals surface area (Å²) in [6.07, 6.45) is -0.249. The lowest BCUT2D eigenvalue weighted by Crippen LogP contribution is -2.52. The molecule has 0 saturated carbocycles. The lowest BCUT2D eigenvalue weighted by Gasteiger charge is -2.41.